The molecule has 6 nitrogen and oxygen atoms in total. The molecule has 1 aliphatic rings. The third kappa shape index (κ3) is 4.34. The van der Waals surface area contributed by atoms with Crippen LogP contribution in [0.5, 0.6) is 0 Å². The largest absolute Gasteiger partial charge is 0.444 e. The number of nitrogens with two attached hydrogens (primary N) is 1. The van der Waals surface area contributed by atoms with Gasteiger partial charge in [0.15, 0.2) is 9.84 Å². The number of nitrogens with one attached hydrogen (secondary N) is 1. The SMILES string of the molecule is CC(C)(C)OC(=O)N[C@@]1(CN)[C@H](c2ccc(Br)cc2)[C@@H]1S(=O)(=O)c1ccccc1. The summed E-state index contributed by atoms with van der Waals surface area (Å²) < 4.78 is 33.1. The molecule has 1 saturated carbocycles. The number of amides is 1. The fourth-order valence-electron chi connectivity index (χ4n) is 3.70. The molecule has 1 aliphatic carbocycles. The second-order valence-corrected chi connectivity index (χ2v) is 11.2. The van der Waals surface area contributed by atoms with Gasteiger partial charge in [0.2, 0.25) is 0 Å². The number of ether oxygens (including phenoxy) is 1. The number of sulfone groups is 1. The first kappa shape index (κ1) is 21.8. The fraction of sp³-hybridized carbons (Fsp3) is 0.381. The lowest BCUT2D eigenvalue weighted by atomic mass is 10.1. The van der Waals surface area contributed by atoms with Crippen molar-refractivity contribution < 1.29 is 17.9 Å². The first-order valence-electron chi connectivity index (χ1n) is 9.27. The van der Waals surface area contributed by atoms with E-state index < -0.39 is 38.2 Å². The lowest BCUT2D eigenvalue weighted by molar-refractivity contribution is 0.0497. The van der Waals surface area contributed by atoms with E-state index in [1.807, 2.05) is 24.3 Å². The highest BCUT2D eigenvalue weighted by molar-refractivity contribution is 9.10. The van der Waals surface area contributed by atoms with Crippen LogP contribution in [0.25, 0.3) is 0 Å². The molecule has 2 aromatic carbocycles. The molecule has 2 aromatic rings. The van der Waals surface area contributed by atoms with Crippen LogP contribution >= 0.6 is 15.9 Å². The average Bonchev–Trinajstić information content (AvgIpc) is 3.31. The normalized spacial score (nSPS) is 24.0. The Morgan fingerprint density at radius 2 is 1.72 bits per heavy atom. The number of alkyl carbamates (subject to hydrolysis) is 1. The quantitative estimate of drug-likeness (QED) is 0.680. The second-order valence-electron chi connectivity index (χ2n) is 8.18. The number of carbonyl (C=O) groups excluding carboxylic acids is 1. The zero-order chi connectivity index (χ0) is 21.4. The first-order chi connectivity index (χ1) is 13.5. The minimum Gasteiger partial charge on any atom is -0.444 e. The van der Waals surface area contributed by atoms with E-state index in [1.165, 1.54) is 0 Å². The van der Waals surface area contributed by atoms with Gasteiger partial charge in [-0.25, -0.2) is 13.2 Å². The molecule has 3 rings (SSSR count). The van der Waals surface area contributed by atoms with Crippen LogP contribution in [0.4, 0.5) is 4.79 Å². The second kappa shape index (κ2) is 7.74. The smallest absolute Gasteiger partial charge is 0.408 e. The van der Waals surface area contributed by atoms with E-state index in [-0.39, 0.29) is 11.4 Å². The van der Waals surface area contributed by atoms with E-state index in [4.69, 9.17) is 10.5 Å². The minimum absolute atomic E-state index is 0.0380. The molecule has 0 aromatic heterocycles. The molecule has 3 atom stereocenters. The molecule has 0 bridgehead atoms. The standard InChI is InChI=1S/C21H25BrN2O4S/c1-20(2,3)28-19(25)24-21(13-23)17(14-9-11-15(22)12-10-14)18(21)29(26,27)16-7-5-4-6-8-16/h4-12,17-18H,13,23H2,1-3H3,(H,24,25)/t17-,18+,21+/m1/s1. The minimum atomic E-state index is -3.74. The van der Waals surface area contributed by atoms with Crippen LogP contribution < -0.4 is 11.1 Å². The molecule has 1 fully saturated rings. The van der Waals surface area contributed by atoms with Crippen molar-refractivity contribution in [3.8, 4) is 0 Å². The highest BCUT2D eigenvalue weighted by atomic mass is 79.9. The van der Waals surface area contributed by atoms with Crippen LogP contribution in [-0.2, 0) is 14.6 Å². The number of rotatable bonds is 5. The van der Waals surface area contributed by atoms with E-state index in [2.05, 4.69) is 21.2 Å². The van der Waals surface area contributed by atoms with Crippen molar-refractivity contribution in [1.29, 1.82) is 0 Å². The lowest BCUT2D eigenvalue weighted by Crippen LogP contribution is -2.49. The van der Waals surface area contributed by atoms with Gasteiger partial charge in [-0.05, 0) is 50.6 Å². The summed E-state index contributed by atoms with van der Waals surface area (Å²) >= 11 is 3.39. The molecular weight excluding hydrogens is 456 g/mol. The number of halogens is 1. The molecule has 0 spiro atoms. The fourth-order valence-corrected chi connectivity index (χ4v) is 6.33. The van der Waals surface area contributed by atoms with Gasteiger partial charge in [-0.1, -0.05) is 46.3 Å². The van der Waals surface area contributed by atoms with Gasteiger partial charge in [-0.2, -0.15) is 0 Å². The summed E-state index contributed by atoms with van der Waals surface area (Å²) in [6, 6.07) is 15.6. The molecule has 0 unspecified atom stereocenters. The monoisotopic (exact) mass is 480 g/mol. The Bertz CT molecular complexity index is 988. The molecule has 3 N–H and O–H groups in total. The van der Waals surface area contributed by atoms with Gasteiger partial charge < -0.3 is 15.8 Å². The third-order valence-electron chi connectivity index (χ3n) is 4.96. The molecular formula is C21H25BrN2O4S. The van der Waals surface area contributed by atoms with E-state index >= 15 is 0 Å². The summed E-state index contributed by atoms with van der Waals surface area (Å²) in [5.41, 5.74) is 4.99. The van der Waals surface area contributed by atoms with Crippen molar-refractivity contribution in [2.24, 2.45) is 5.73 Å². The van der Waals surface area contributed by atoms with Crippen molar-refractivity contribution in [2.45, 2.75) is 48.0 Å². The van der Waals surface area contributed by atoms with Gasteiger partial charge in [-0.15, -0.1) is 0 Å². The molecule has 1 amide bonds. The Balaban J connectivity index is 2.03. The molecule has 0 saturated heterocycles. The maximum absolute atomic E-state index is 13.4. The number of benzene rings is 2. The van der Waals surface area contributed by atoms with Crippen molar-refractivity contribution >= 4 is 31.9 Å². The van der Waals surface area contributed by atoms with Crippen LogP contribution in [0.3, 0.4) is 0 Å². The first-order valence-corrected chi connectivity index (χ1v) is 11.6. The predicted molar refractivity (Wildman–Crippen MR) is 115 cm³/mol. The highest BCUT2D eigenvalue weighted by Crippen LogP contribution is 2.57. The zero-order valence-electron chi connectivity index (χ0n) is 16.6. The lowest BCUT2D eigenvalue weighted by Gasteiger charge is -2.24. The van der Waals surface area contributed by atoms with E-state index in [0.29, 0.717) is 0 Å². The van der Waals surface area contributed by atoms with Crippen molar-refractivity contribution in [2.75, 3.05) is 6.54 Å². The van der Waals surface area contributed by atoms with Gasteiger partial charge in [0.05, 0.1) is 10.4 Å². The molecule has 0 heterocycles. The van der Waals surface area contributed by atoms with Crippen LogP contribution in [0.1, 0.15) is 32.3 Å². The molecule has 0 aliphatic heterocycles. The highest BCUT2D eigenvalue weighted by Gasteiger charge is 2.71. The van der Waals surface area contributed by atoms with Crippen molar-refractivity contribution in [3.63, 3.8) is 0 Å². The van der Waals surface area contributed by atoms with Gasteiger partial charge in [0.1, 0.15) is 10.9 Å². The van der Waals surface area contributed by atoms with Gasteiger partial charge >= 0.3 is 6.09 Å². The molecule has 156 valence electrons. The van der Waals surface area contributed by atoms with Crippen LogP contribution in [-0.4, -0.2) is 37.4 Å². The van der Waals surface area contributed by atoms with Gasteiger partial charge in [-0.3, -0.25) is 0 Å². The Kier molecular flexibility index (Phi) is 5.82. The number of carbonyl (C=O) groups is 1. The maximum Gasteiger partial charge on any atom is 0.408 e. The average molecular weight is 481 g/mol. The Labute approximate surface area is 179 Å². The maximum atomic E-state index is 13.4. The predicted octanol–water partition coefficient (Wildman–Crippen LogP) is 3.61. The van der Waals surface area contributed by atoms with Gasteiger partial charge in [0.25, 0.3) is 0 Å². The Morgan fingerprint density at radius 3 is 2.24 bits per heavy atom. The molecule has 8 heteroatoms. The summed E-state index contributed by atoms with van der Waals surface area (Å²) in [5, 5.41) is 1.89. The number of hydrogen-bond donors (Lipinski definition) is 2. The van der Waals surface area contributed by atoms with E-state index in [0.717, 1.165) is 10.0 Å². The summed E-state index contributed by atoms with van der Waals surface area (Å²) in [4.78, 5) is 12.7. The number of hydrogen-bond acceptors (Lipinski definition) is 5. The Morgan fingerprint density at radius 1 is 1.14 bits per heavy atom. The third-order valence-corrected chi connectivity index (χ3v) is 7.78. The summed E-state index contributed by atoms with van der Waals surface area (Å²) in [6.45, 7) is 5.21. The van der Waals surface area contributed by atoms with Crippen molar-refractivity contribution in [3.05, 3.63) is 64.6 Å². The topological polar surface area (TPSA) is 98.5 Å². The molecule has 0 radical (unpaired) electrons. The Hall–Kier alpha value is -1.90. The zero-order valence-corrected chi connectivity index (χ0v) is 19.0. The van der Waals surface area contributed by atoms with Crippen LogP contribution in [0.2, 0.25) is 0 Å². The van der Waals surface area contributed by atoms with E-state index in [1.54, 1.807) is 51.1 Å². The van der Waals surface area contributed by atoms with Crippen LogP contribution in [0.15, 0.2) is 64.0 Å². The van der Waals surface area contributed by atoms with Crippen LogP contribution in [0, 0.1) is 0 Å². The van der Waals surface area contributed by atoms with E-state index in [9.17, 15) is 13.2 Å². The summed E-state index contributed by atoms with van der Waals surface area (Å²) in [5.74, 6) is -0.488. The van der Waals surface area contributed by atoms with Crippen molar-refractivity contribution in [1.82, 2.24) is 5.32 Å². The molecule has 29 heavy (non-hydrogen) atoms. The summed E-state index contributed by atoms with van der Waals surface area (Å²) in [6.07, 6.45) is -0.684. The van der Waals surface area contributed by atoms with Gasteiger partial charge in [0, 0.05) is 16.9 Å². The summed E-state index contributed by atoms with van der Waals surface area (Å²) in [7, 11) is -3.74.